The Hall–Kier alpha value is -2.03. The van der Waals surface area contributed by atoms with Crippen LogP contribution in [0.3, 0.4) is 0 Å². The van der Waals surface area contributed by atoms with E-state index in [4.69, 9.17) is 21.1 Å². The van der Waals surface area contributed by atoms with Crippen LogP contribution in [0.2, 0.25) is 5.02 Å². The first kappa shape index (κ1) is 15.5. The van der Waals surface area contributed by atoms with E-state index in [-0.39, 0.29) is 11.7 Å². The minimum atomic E-state index is -0.509. The highest BCUT2D eigenvalue weighted by atomic mass is 35.5. The summed E-state index contributed by atoms with van der Waals surface area (Å²) in [6.07, 6.45) is 1.31. The molecule has 3 heterocycles. The normalized spacial score (nSPS) is 19.8. The monoisotopic (exact) mass is 349 g/mol. The fourth-order valence-electron chi connectivity index (χ4n) is 2.96. The summed E-state index contributed by atoms with van der Waals surface area (Å²) < 4.78 is 11.3. The molecular formula is C15H16ClN5O3. The van der Waals surface area contributed by atoms with E-state index in [2.05, 4.69) is 15.4 Å². The minimum absolute atomic E-state index is 0.0779. The van der Waals surface area contributed by atoms with Crippen LogP contribution in [-0.4, -0.2) is 63.1 Å². The Morgan fingerprint density at radius 1 is 1.12 bits per heavy atom. The molecule has 0 radical (unpaired) electrons. The van der Waals surface area contributed by atoms with Crippen molar-refractivity contribution >= 4 is 17.5 Å². The van der Waals surface area contributed by atoms with E-state index in [9.17, 15) is 4.79 Å². The number of tetrazole rings is 1. The van der Waals surface area contributed by atoms with Gasteiger partial charge in [0.1, 0.15) is 0 Å². The van der Waals surface area contributed by atoms with Crippen LogP contribution >= 0.6 is 11.6 Å². The van der Waals surface area contributed by atoms with Crippen molar-refractivity contribution in [2.75, 3.05) is 26.3 Å². The summed E-state index contributed by atoms with van der Waals surface area (Å²) in [5.41, 5.74) is 0.691. The molecule has 2 saturated heterocycles. The van der Waals surface area contributed by atoms with Crippen LogP contribution in [0, 0.1) is 0 Å². The third-order valence-electron chi connectivity index (χ3n) is 4.29. The molecule has 2 aliphatic heterocycles. The zero-order valence-electron chi connectivity index (χ0n) is 12.9. The molecule has 1 spiro atoms. The predicted molar refractivity (Wildman–Crippen MR) is 83.9 cm³/mol. The van der Waals surface area contributed by atoms with Gasteiger partial charge in [-0.2, -0.15) is 0 Å². The van der Waals surface area contributed by atoms with E-state index in [0.717, 1.165) is 0 Å². The number of halogens is 1. The molecule has 2 aliphatic rings. The molecule has 0 aliphatic carbocycles. The first-order valence-electron chi connectivity index (χ1n) is 7.78. The summed E-state index contributed by atoms with van der Waals surface area (Å²) in [7, 11) is 0. The molecular weight excluding hydrogens is 334 g/mol. The topological polar surface area (TPSA) is 82.4 Å². The van der Waals surface area contributed by atoms with Gasteiger partial charge in [-0.15, -0.1) is 15.0 Å². The summed E-state index contributed by atoms with van der Waals surface area (Å²) >= 11 is 5.86. The Bertz CT molecular complexity index is 732. The average molecular weight is 350 g/mol. The van der Waals surface area contributed by atoms with E-state index in [0.29, 0.717) is 49.9 Å². The highest BCUT2D eigenvalue weighted by molar-refractivity contribution is 6.30. The van der Waals surface area contributed by atoms with Gasteiger partial charge in [0.05, 0.1) is 18.9 Å². The number of amides is 1. The average Bonchev–Trinajstić information content (AvgIpc) is 3.26. The fraction of sp³-hybridized carbons (Fsp3) is 0.467. The maximum Gasteiger partial charge on any atom is 0.295 e. The molecule has 0 bridgehead atoms. The van der Waals surface area contributed by atoms with E-state index in [1.807, 2.05) is 0 Å². The van der Waals surface area contributed by atoms with Crippen molar-refractivity contribution in [2.45, 2.75) is 18.6 Å². The zero-order valence-corrected chi connectivity index (χ0v) is 13.6. The number of likely N-dealkylation sites (tertiary alicyclic amines) is 1. The van der Waals surface area contributed by atoms with Gasteiger partial charge in [-0.1, -0.05) is 11.6 Å². The second kappa shape index (κ2) is 6.12. The molecule has 24 heavy (non-hydrogen) atoms. The molecule has 1 aromatic heterocycles. The van der Waals surface area contributed by atoms with Gasteiger partial charge in [-0.25, -0.2) is 0 Å². The lowest BCUT2D eigenvalue weighted by Crippen LogP contribution is -2.47. The highest BCUT2D eigenvalue weighted by Gasteiger charge is 2.41. The van der Waals surface area contributed by atoms with Gasteiger partial charge in [0.15, 0.2) is 5.79 Å². The van der Waals surface area contributed by atoms with Gasteiger partial charge in [-0.3, -0.25) is 4.79 Å². The van der Waals surface area contributed by atoms with Gasteiger partial charge >= 0.3 is 0 Å². The SMILES string of the molecule is O=C(c1nnn(-c2ccc(Cl)cc2)n1)N1CCC2(CC1)OCCO2. The molecule has 2 fully saturated rings. The molecule has 1 aromatic carbocycles. The van der Waals surface area contributed by atoms with Crippen molar-refractivity contribution in [2.24, 2.45) is 0 Å². The third-order valence-corrected chi connectivity index (χ3v) is 4.54. The molecule has 8 nitrogen and oxygen atoms in total. The fourth-order valence-corrected chi connectivity index (χ4v) is 3.09. The second-order valence-corrected chi connectivity index (χ2v) is 6.22. The summed E-state index contributed by atoms with van der Waals surface area (Å²) in [5.74, 6) is -0.664. The van der Waals surface area contributed by atoms with Gasteiger partial charge in [0, 0.05) is 31.0 Å². The Morgan fingerprint density at radius 2 is 1.79 bits per heavy atom. The van der Waals surface area contributed by atoms with Crippen LogP contribution in [0.1, 0.15) is 23.5 Å². The first-order valence-corrected chi connectivity index (χ1v) is 8.16. The van der Waals surface area contributed by atoms with Crippen LogP contribution < -0.4 is 0 Å². The lowest BCUT2D eigenvalue weighted by atomic mass is 10.0. The van der Waals surface area contributed by atoms with Crippen molar-refractivity contribution in [3.8, 4) is 5.69 Å². The number of carbonyl (C=O) groups excluding carboxylic acids is 1. The van der Waals surface area contributed by atoms with E-state index in [1.54, 1.807) is 29.2 Å². The van der Waals surface area contributed by atoms with Crippen LogP contribution in [0.4, 0.5) is 0 Å². The minimum Gasteiger partial charge on any atom is -0.347 e. The largest absolute Gasteiger partial charge is 0.347 e. The maximum atomic E-state index is 12.5. The van der Waals surface area contributed by atoms with E-state index < -0.39 is 5.79 Å². The number of hydrogen-bond donors (Lipinski definition) is 0. The molecule has 0 saturated carbocycles. The number of rotatable bonds is 2. The molecule has 0 atom stereocenters. The number of aromatic nitrogens is 4. The lowest BCUT2D eigenvalue weighted by Gasteiger charge is -2.37. The maximum absolute atomic E-state index is 12.5. The summed E-state index contributed by atoms with van der Waals surface area (Å²) in [6.45, 7) is 2.33. The highest BCUT2D eigenvalue weighted by Crippen LogP contribution is 2.31. The van der Waals surface area contributed by atoms with Gasteiger partial charge in [0.2, 0.25) is 0 Å². The third kappa shape index (κ3) is 2.88. The molecule has 4 rings (SSSR count). The van der Waals surface area contributed by atoms with Crippen LogP contribution in [-0.2, 0) is 9.47 Å². The first-order chi connectivity index (χ1) is 11.7. The van der Waals surface area contributed by atoms with Crippen molar-refractivity contribution in [3.05, 3.63) is 35.1 Å². The van der Waals surface area contributed by atoms with Gasteiger partial charge < -0.3 is 14.4 Å². The van der Waals surface area contributed by atoms with Gasteiger partial charge in [0.25, 0.3) is 11.7 Å². The number of piperidine rings is 1. The molecule has 126 valence electrons. The molecule has 9 heteroatoms. The van der Waals surface area contributed by atoms with Crippen molar-refractivity contribution in [1.82, 2.24) is 25.1 Å². The number of nitrogens with zero attached hydrogens (tertiary/aromatic N) is 5. The Morgan fingerprint density at radius 3 is 2.46 bits per heavy atom. The van der Waals surface area contributed by atoms with Crippen molar-refractivity contribution in [1.29, 1.82) is 0 Å². The summed E-state index contributed by atoms with van der Waals surface area (Å²) in [4.78, 5) is 15.6. The lowest BCUT2D eigenvalue weighted by molar-refractivity contribution is -0.181. The smallest absolute Gasteiger partial charge is 0.295 e. The quantitative estimate of drug-likeness (QED) is 0.812. The summed E-state index contributed by atoms with van der Waals surface area (Å²) in [5, 5.41) is 12.6. The Balaban J connectivity index is 1.45. The molecule has 2 aromatic rings. The standard InChI is InChI=1S/C15H16ClN5O3/c16-11-1-3-12(4-2-11)21-18-13(17-19-21)14(22)20-7-5-15(6-8-20)23-9-10-24-15/h1-4H,5-10H2. The number of carbonyl (C=O) groups is 1. The van der Waals surface area contributed by atoms with Crippen LogP contribution in [0.5, 0.6) is 0 Å². The second-order valence-electron chi connectivity index (χ2n) is 5.78. The van der Waals surface area contributed by atoms with Crippen molar-refractivity contribution in [3.63, 3.8) is 0 Å². The predicted octanol–water partition coefficient (Wildman–Crippen LogP) is 1.29. The zero-order chi connectivity index (χ0) is 16.6. The Labute approximate surface area is 143 Å². The number of hydrogen-bond acceptors (Lipinski definition) is 6. The molecule has 0 N–H and O–H groups in total. The number of benzene rings is 1. The van der Waals surface area contributed by atoms with Crippen molar-refractivity contribution < 1.29 is 14.3 Å². The van der Waals surface area contributed by atoms with Gasteiger partial charge in [-0.05, 0) is 29.5 Å². The van der Waals surface area contributed by atoms with E-state index in [1.165, 1.54) is 4.80 Å². The van der Waals surface area contributed by atoms with Crippen LogP contribution in [0.15, 0.2) is 24.3 Å². The van der Waals surface area contributed by atoms with E-state index >= 15 is 0 Å². The Kier molecular flexibility index (Phi) is 3.95. The molecule has 0 unspecified atom stereocenters. The molecule has 1 amide bonds. The number of ether oxygens (including phenoxy) is 2. The van der Waals surface area contributed by atoms with Crippen LogP contribution in [0.25, 0.3) is 5.69 Å². The summed E-state index contributed by atoms with van der Waals surface area (Å²) in [6, 6.07) is 6.98.